The van der Waals surface area contributed by atoms with Crippen molar-refractivity contribution in [2.45, 2.75) is 6.61 Å². The van der Waals surface area contributed by atoms with Crippen LogP contribution in [0, 0.1) is 0 Å². The fraction of sp³-hybridized carbons (Fsp3) is 0.429. The third-order valence-corrected chi connectivity index (χ3v) is 3.75. The van der Waals surface area contributed by atoms with E-state index in [1.54, 1.807) is 0 Å². The minimum Gasteiger partial charge on any atom is -0.392 e. The van der Waals surface area contributed by atoms with E-state index in [0.717, 1.165) is 37.3 Å². The fourth-order valence-corrected chi connectivity index (χ4v) is 2.56. The molecule has 0 saturated carbocycles. The monoisotopic (exact) mass is 245 g/mol. The van der Waals surface area contributed by atoms with E-state index in [1.807, 2.05) is 12.1 Å². The number of anilines is 1. The summed E-state index contributed by atoms with van der Waals surface area (Å²) in [5.74, 6) is 0. The van der Waals surface area contributed by atoms with Crippen molar-refractivity contribution in [3.63, 3.8) is 0 Å². The number of aromatic amines is 1. The fourth-order valence-electron chi connectivity index (χ4n) is 2.56. The topological polar surface area (TPSA) is 42.5 Å². The smallest absolute Gasteiger partial charge is 0.0682 e. The van der Waals surface area contributed by atoms with Crippen molar-refractivity contribution in [1.29, 1.82) is 0 Å². The second-order valence-corrected chi connectivity index (χ2v) is 5.00. The van der Waals surface area contributed by atoms with Crippen molar-refractivity contribution in [2.75, 3.05) is 38.1 Å². The Labute approximate surface area is 107 Å². The molecule has 18 heavy (non-hydrogen) atoms. The summed E-state index contributed by atoms with van der Waals surface area (Å²) in [5, 5.41) is 10.5. The third-order valence-electron chi connectivity index (χ3n) is 3.75. The number of fused-ring (bicyclic) bond motifs is 1. The van der Waals surface area contributed by atoms with Gasteiger partial charge in [-0.1, -0.05) is 6.07 Å². The van der Waals surface area contributed by atoms with Gasteiger partial charge in [-0.15, -0.1) is 0 Å². The quantitative estimate of drug-likeness (QED) is 0.840. The number of aliphatic hydroxyl groups excluding tert-OH is 1. The molecule has 1 fully saturated rings. The van der Waals surface area contributed by atoms with Gasteiger partial charge in [0.15, 0.2) is 0 Å². The highest BCUT2D eigenvalue weighted by Crippen LogP contribution is 2.28. The van der Waals surface area contributed by atoms with Crippen molar-refractivity contribution in [1.82, 2.24) is 9.88 Å². The normalized spacial score (nSPS) is 17.6. The molecule has 1 aromatic heterocycles. The largest absolute Gasteiger partial charge is 0.392 e. The summed E-state index contributed by atoms with van der Waals surface area (Å²) in [6, 6.07) is 6.09. The summed E-state index contributed by atoms with van der Waals surface area (Å²) >= 11 is 0. The van der Waals surface area contributed by atoms with Crippen LogP contribution in [0.4, 0.5) is 5.69 Å². The van der Waals surface area contributed by atoms with Crippen molar-refractivity contribution >= 4 is 16.6 Å². The molecule has 0 radical (unpaired) electrons. The van der Waals surface area contributed by atoms with Gasteiger partial charge in [0.2, 0.25) is 0 Å². The molecule has 1 aromatic carbocycles. The number of nitrogens with zero attached hydrogens (tertiary/aromatic N) is 2. The second kappa shape index (κ2) is 4.63. The predicted molar refractivity (Wildman–Crippen MR) is 73.9 cm³/mol. The highest BCUT2D eigenvalue weighted by Gasteiger charge is 2.17. The van der Waals surface area contributed by atoms with Gasteiger partial charge < -0.3 is 19.9 Å². The molecule has 1 saturated heterocycles. The number of piperazine rings is 1. The van der Waals surface area contributed by atoms with Crippen LogP contribution >= 0.6 is 0 Å². The number of aromatic nitrogens is 1. The van der Waals surface area contributed by atoms with Gasteiger partial charge in [0.05, 0.1) is 12.3 Å². The van der Waals surface area contributed by atoms with Crippen molar-refractivity contribution < 1.29 is 5.11 Å². The van der Waals surface area contributed by atoms with E-state index in [9.17, 15) is 5.11 Å². The first-order valence-electron chi connectivity index (χ1n) is 6.42. The molecule has 0 bridgehead atoms. The minimum absolute atomic E-state index is 0.100. The molecule has 0 unspecified atom stereocenters. The van der Waals surface area contributed by atoms with Crippen LogP contribution in [0.2, 0.25) is 0 Å². The minimum atomic E-state index is 0.100. The number of aliphatic hydroxyl groups is 1. The Bertz CT molecular complexity index is 541. The van der Waals surface area contributed by atoms with Gasteiger partial charge in [-0.2, -0.15) is 0 Å². The first kappa shape index (κ1) is 11.6. The molecule has 2 aromatic rings. The van der Waals surface area contributed by atoms with Crippen molar-refractivity contribution in [2.24, 2.45) is 0 Å². The van der Waals surface area contributed by atoms with Crippen LogP contribution in [0.15, 0.2) is 24.4 Å². The van der Waals surface area contributed by atoms with Crippen LogP contribution in [0.3, 0.4) is 0 Å². The molecular formula is C14H19N3O. The molecule has 0 atom stereocenters. The number of nitrogens with one attached hydrogen (secondary N) is 1. The van der Waals surface area contributed by atoms with Gasteiger partial charge in [0, 0.05) is 43.3 Å². The lowest BCUT2D eigenvalue weighted by atomic mass is 10.1. The summed E-state index contributed by atoms with van der Waals surface area (Å²) in [6.07, 6.45) is 2.08. The molecule has 4 nitrogen and oxygen atoms in total. The zero-order valence-corrected chi connectivity index (χ0v) is 10.7. The maximum atomic E-state index is 9.24. The number of H-pyrrole nitrogens is 1. The summed E-state index contributed by atoms with van der Waals surface area (Å²) in [7, 11) is 2.16. The highest BCUT2D eigenvalue weighted by atomic mass is 16.3. The Hall–Kier alpha value is -1.52. The van der Waals surface area contributed by atoms with Gasteiger partial charge in [-0.25, -0.2) is 0 Å². The first-order valence-corrected chi connectivity index (χ1v) is 6.42. The van der Waals surface area contributed by atoms with Crippen LogP contribution in [0.5, 0.6) is 0 Å². The predicted octanol–water partition coefficient (Wildman–Crippen LogP) is 1.41. The van der Waals surface area contributed by atoms with Crippen LogP contribution in [0.25, 0.3) is 10.9 Å². The number of rotatable bonds is 2. The van der Waals surface area contributed by atoms with Crippen LogP contribution in [-0.4, -0.2) is 48.2 Å². The summed E-state index contributed by atoms with van der Waals surface area (Å²) in [5.41, 5.74) is 3.37. The molecule has 0 spiro atoms. The number of benzene rings is 1. The third kappa shape index (κ3) is 1.98. The first-order chi connectivity index (χ1) is 8.78. The highest BCUT2D eigenvalue weighted by molar-refractivity contribution is 5.93. The van der Waals surface area contributed by atoms with Gasteiger partial charge in [0.1, 0.15) is 0 Å². The summed E-state index contributed by atoms with van der Waals surface area (Å²) in [4.78, 5) is 8.08. The van der Waals surface area contributed by atoms with Crippen molar-refractivity contribution in [3.8, 4) is 0 Å². The van der Waals surface area contributed by atoms with Gasteiger partial charge in [0.25, 0.3) is 0 Å². The van der Waals surface area contributed by atoms with Crippen LogP contribution in [-0.2, 0) is 6.61 Å². The average Bonchev–Trinajstić information content (AvgIpc) is 2.82. The maximum absolute atomic E-state index is 9.24. The Balaban J connectivity index is 1.96. The number of hydrogen-bond donors (Lipinski definition) is 2. The number of likely N-dealkylation sites (N-methyl/N-ethyl adjacent to an activating group) is 1. The van der Waals surface area contributed by atoms with E-state index in [0.29, 0.717) is 0 Å². The molecule has 1 aliphatic heterocycles. The number of hydrogen-bond acceptors (Lipinski definition) is 3. The Morgan fingerprint density at radius 3 is 2.72 bits per heavy atom. The molecular weight excluding hydrogens is 226 g/mol. The van der Waals surface area contributed by atoms with E-state index >= 15 is 0 Å². The zero-order valence-electron chi connectivity index (χ0n) is 10.7. The van der Waals surface area contributed by atoms with Gasteiger partial charge in [-0.3, -0.25) is 0 Å². The second-order valence-electron chi connectivity index (χ2n) is 5.00. The van der Waals surface area contributed by atoms with Crippen LogP contribution in [0.1, 0.15) is 5.56 Å². The van der Waals surface area contributed by atoms with E-state index in [4.69, 9.17) is 0 Å². The van der Waals surface area contributed by atoms with Crippen LogP contribution < -0.4 is 4.90 Å². The van der Waals surface area contributed by atoms with Gasteiger partial charge >= 0.3 is 0 Å². The Morgan fingerprint density at radius 1 is 1.22 bits per heavy atom. The lowest BCUT2D eigenvalue weighted by Crippen LogP contribution is -2.44. The van der Waals surface area contributed by atoms with Crippen molar-refractivity contribution in [3.05, 3.63) is 30.0 Å². The van der Waals surface area contributed by atoms with E-state index in [-0.39, 0.29) is 6.61 Å². The molecule has 0 aliphatic carbocycles. The molecule has 0 amide bonds. The molecule has 2 heterocycles. The molecule has 3 rings (SSSR count). The Kier molecular flexibility index (Phi) is 2.97. The SMILES string of the molecule is CN1CCN(c2c[nH]c3ccc(CO)cc23)CC1. The molecule has 2 N–H and O–H groups in total. The molecule has 4 heteroatoms. The van der Waals surface area contributed by atoms with E-state index in [1.165, 1.54) is 11.1 Å². The summed E-state index contributed by atoms with van der Waals surface area (Å²) in [6.45, 7) is 4.43. The zero-order chi connectivity index (χ0) is 12.5. The summed E-state index contributed by atoms with van der Waals surface area (Å²) < 4.78 is 0. The van der Waals surface area contributed by atoms with E-state index in [2.05, 4.69) is 34.1 Å². The average molecular weight is 245 g/mol. The lowest BCUT2D eigenvalue weighted by molar-refractivity contribution is 0.282. The molecule has 1 aliphatic rings. The maximum Gasteiger partial charge on any atom is 0.0682 e. The van der Waals surface area contributed by atoms with Gasteiger partial charge in [-0.05, 0) is 24.7 Å². The molecule has 96 valence electrons. The van der Waals surface area contributed by atoms with E-state index < -0.39 is 0 Å². The standard InChI is InChI=1S/C14H19N3O/c1-16-4-6-17(7-5-16)14-9-15-13-3-2-11(10-18)8-12(13)14/h2-3,8-9,15,18H,4-7,10H2,1H3. The lowest BCUT2D eigenvalue weighted by Gasteiger charge is -2.33. The Morgan fingerprint density at radius 2 is 2.00 bits per heavy atom.